The van der Waals surface area contributed by atoms with Gasteiger partial charge in [0, 0.05) is 6.54 Å². The summed E-state index contributed by atoms with van der Waals surface area (Å²) in [5.74, 6) is 1.09. The monoisotopic (exact) mass is 236 g/mol. The van der Waals surface area contributed by atoms with E-state index in [1.54, 1.807) is 4.68 Å². The van der Waals surface area contributed by atoms with E-state index in [-0.39, 0.29) is 0 Å². The number of aryl methyl sites for hydroxylation is 2. The van der Waals surface area contributed by atoms with Crippen LogP contribution in [-0.2, 0) is 18.8 Å². The highest BCUT2D eigenvalue weighted by Gasteiger charge is 2.03. The lowest BCUT2D eigenvalue weighted by Gasteiger charge is -2.02. The Morgan fingerprint density at radius 2 is 2.00 bits per heavy atom. The first-order valence-electron chi connectivity index (χ1n) is 5.25. The molecule has 2 aromatic rings. The lowest BCUT2D eigenvalue weighted by molar-refractivity contribution is 0.545. The minimum atomic E-state index is 0.359. The average Bonchev–Trinajstić information content (AvgIpc) is 2.78. The van der Waals surface area contributed by atoms with Crippen molar-refractivity contribution in [3.8, 4) is 0 Å². The topological polar surface area (TPSA) is 43.6 Å². The Morgan fingerprint density at radius 3 is 2.75 bits per heavy atom. The Labute approximate surface area is 99.2 Å². The molecule has 1 heterocycles. The molecular weight excluding hydrogens is 224 g/mol. The second-order valence-corrected chi connectivity index (χ2v) is 3.81. The normalized spacial score (nSPS) is 10.6. The second kappa shape index (κ2) is 5.61. The van der Waals surface area contributed by atoms with Gasteiger partial charge in [-0.1, -0.05) is 30.3 Å². The summed E-state index contributed by atoms with van der Waals surface area (Å²) in [6, 6.07) is 10.4. The number of halogens is 1. The van der Waals surface area contributed by atoms with Crippen LogP contribution in [0.2, 0.25) is 0 Å². The third-order valence-corrected chi connectivity index (χ3v) is 2.64. The van der Waals surface area contributed by atoms with Crippen LogP contribution in [0.25, 0.3) is 0 Å². The van der Waals surface area contributed by atoms with E-state index < -0.39 is 0 Å². The SMILES string of the molecule is ClCc1nnnn1CCCc1ccccc1. The van der Waals surface area contributed by atoms with Crippen LogP contribution in [0.4, 0.5) is 0 Å². The smallest absolute Gasteiger partial charge is 0.165 e. The summed E-state index contributed by atoms with van der Waals surface area (Å²) >= 11 is 5.71. The quantitative estimate of drug-likeness (QED) is 0.747. The van der Waals surface area contributed by atoms with E-state index in [4.69, 9.17) is 11.6 Å². The highest BCUT2D eigenvalue weighted by atomic mass is 35.5. The van der Waals surface area contributed by atoms with Gasteiger partial charge < -0.3 is 0 Å². The van der Waals surface area contributed by atoms with Gasteiger partial charge in [-0.25, -0.2) is 4.68 Å². The Morgan fingerprint density at radius 1 is 1.19 bits per heavy atom. The zero-order valence-electron chi connectivity index (χ0n) is 8.88. The zero-order chi connectivity index (χ0) is 11.2. The lowest BCUT2D eigenvalue weighted by Crippen LogP contribution is -2.05. The first-order valence-corrected chi connectivity index (χ1v) is 5.78. The van der Waals surface area contributed by atoms with Gasteiger partial charge in [-0.2, -0.15) is 0 Å². The summed E-state index contributed by atoms with van der Waals surface area (Å²) in [6.07, 6.45) is 2.04. The number of aromatic nitrogens is 4. The van der Waals surface area contributed by atoms with Crippen LogP contribution in [0.3, 0.4) is 0 Å². The number of nitrogens with zero attached hydrogens (tertiary/aromatic N) is 4. The molecule has 0 spiro atoms. The highest BCUT2D eigenvalue weighted by molar-refractivity contribution is 6.16. The summed E-state index contributed by atoms with van der Waals surface area (Å²) in [4.78, 5) is 0. The van der Waals surface area contributed by atoms with Crippen LogP contribution >= 0.6 is 11.6 Å². The molecule has 0 radical (unpaired) electrons. The van der Waals surface area contributed by atoms with E-state index in [1.807, 2.05) is 6.07 Å². The largest absolute Gasteiger partial charge is 0.228 e. The third-order valence-electron chi connectivity index (χ3n) is 2.40. The standard InChI is InChI=1S/C11H13ClN4/c12-9-11-13-14-15-16(11)8-4-7-10-5-2-1-3-6-10/h1-3,5-6H,4,7-9H2. The summed E-state index contributed by atoms with van der Waals surface area (Å²) in [7, 11) is 0. The fraction of sp³-hybridized carbons (Fsp3) is 0.364. The van der Waals surface area contributed by atoms with Gasteiger partial charge in [0.1, 0.15) is 0 Å². The molecule has 4 nitrogen and oxygen atoms in total. The zero-order valence-corrected chi connectivity index (χ0v) is 9.64. The molecule has 0 saturated heterocycles. The van der Waals surface area contributed by atoms with Crippen LogP contribution in [0, 0.1) is 0 Å². The molecule has 16 heavy (non-hydrogen) atoms. The molecule has 0 bridgehead atoms. The van der Waals surface area contributed by atoms with E-state index in [0.29, 0.717) is 5.88 Å². The van der Waals surface area contributed by atoms with Crippen molar-refractivity contribution in [1.29, 1.82) is 0 Å². The Kier molecular flexibility index (Phi) is 3.88. The van der Waals surface area contributed by atoms with Crippen LogP contribution in [0.5, 0.6) is 0 Å². The molecule has 0 aliphatic rings. The molecular formula is C11H13ClN4. The molecule has 0 saturated carbocycles. The second-order valence-electron chi connectivity index (χ2n) is 3.54. The summed E-state index contributed by atoms with van der Waals surface area (Å²) in [5, 5.41) is 11.3. The molecule has 2 rings (SSSR count). The molecule has 0 aliphatic carbocycles. The van der Waals surface area contributed by atoms with Gasteiger partial charge >= 0.3 is 0 Å². The Hall–Kier alpha value is -1.42. The minimum Gasteiger partial charge on any atom is -0.228 e. The third kappa shape index (κ3) is 2.79. The first-order chi connectivity index (χ1) is 7.90. The van der Waals surface area contributed by atoms with Gasteiger partial charge in [-0.15, -0.1) is 16.7 Å². The number of tetrazole rings is 1. The van der Waals surface area contributed by atoms with E-state index in [1.165, 1.54) is 5.56 Å². The molecule has 5 heteroatoms. The minimum absolute atomic E-state index is 0.359. The number of rotatable bonds is 5. The molecule has 0 N–H and O–H groups in total. The number of hydrogen-bond acceptors (Lipinski definition) is 3. The van der Waals surface area contributed by atoms with Gasteiger partial charge in [0.05, 0.1) is 5.88 Å². The van der Waals surface area contributed by atoms with Gasteiger partial charge in [0.15, 0.2) is 5.82 Å². The van der Waals surface area contributed by atoms with E-state index in [0.717, 1.165) is 25.2 Å². The van der Waals surface area contributed by atoms with Crippen molar-refractivity contribution in [1.82, 2.24) is 20.2 Å². The van der Waals surface area contributed by atoms with Crippen molar-refractivity contribution >= 4 is 11.6 Å². The van der Waals surface area contributed by atoms with Crippen molar-refractivity contribution in [2.45, 2.75) is 25.3 Å². The van der Waals surface area contributed by atoms with Crippen molar-refractivity contribution in [2.24, 2.45) is 0 Å². The molecule has 84 valence electrons. The first kappa shape index (κ1) is 11.1. The van der Waals surface area contributed by atoms with Crippen LogP contribution in [-0.4, -0.2) is 20.2 Å². The van der Waals surface area contributed by atoms with E-state index >= 15 is 0 Å². The molecule has 1 aromatic carbocycles. The van der Waals surface area contributed by atoms with Crippen LogP contribution in [0.1, 0.15) is 17.8 Å². The molecule has 0 amide bonds. The van der Waals surface area contributed by atoms with Gasteiger partial charge in [0.2, 0.25) is 0 Å². The van der Waals surface area contributed by atoms with Crippen molar-refractivity contribution in [2.75, 3.05) is 0 Å². The molecule has 0 unspecified atom stereocenters. The fourth-order valence-corrected chi connectivity index (χ4v) is 1.76. The van der Waals surface area contributed by atoms with Gasteiger partial charge in [0.25, 0.3) is 0 Å². The predicted octanol–water partition coefficient (Wildman–Crippen LogP) is 2.04. The summed E-state index contributed by atoms with van der Waals surface area (Å²) in [6.45, 7) is 0.809. The maximum Gasteiger partial charge on any atom is 0.165 e. The molecule has 0 fully saturated rings. The summed E-state index contributed by atoms with van der Waals surface area (Å²) in [5.41, 5.74) is 1.34. The maximum atomic E-state index is 5.71. The fourth-order valence-electron chi connectivity index (χ4n) is 1.57. The Bertz CT molecular complexity index is 427. The molecule has 0 atom stereocenters. The van der Waals surface area contributed by atoms with Crippen molar-refractivity contribution in [3.63, 3.8) is 0 Å². The van der Waals surface area contributed by atoms with Crippen LogP contribution in [0.15, 0.2) is 30.3 Å². The summed E-state index contributed by atoms with van der Waals surface area (Å²) < 4.78 is 1.76. The number of benzene rings is 1. The Balaban J connectivity index is 1.85. The number of alkyl halides is 1. The number of hydrogen-bond donors (Lipinski definition) is 0. The molecule has 0 aliphatic heterocycles. The molecule has 1 aromatic heterocycles. The van der Waals surface area contributed by atoms with E-state index in [9.17, 15) is 0 Å². The van der Waals surface area contributed by atoms with E-state index in [2.05, 4.69) is 39.8 Å². The van der Waals surface area contributed by atoms with Crippen molar-refractivity contribution in [3.05, 3.63) is 41.7 Å². The lowest BCUT2D eigenvalue weighted by atomic mass is 10.1. The van der Waals surface area contributed by atoms with Crippen LogP contribution < -0.4 is 0 Å². The maximum absolute atomic E-state index is 5.71. The van der Waals surface area contributed by atoms with Gasteiger partial charge in [-0.05, 0) is 28.8 Å². The van der Waals surface area contributed by atoms with Crippen molar-refractivity contribution < 1.29 is 0 Å². The average molecular weight is 237 g/mol. The highest BCUT2D eigenvalue weighted by Crippen LogP contribution is 2.04. The predicted molar refractivity (Wildman–Crippen MR) is 62.1 cm³/mol. The van der Waals surface area contributed by atoms with Gasteiger partial charge in [-0.3, -0.25) is 0 Å².